The van der Waals surface area contributed by atoms with Crippen LogP contribution in [0.25, 0.3) is 0 Å². The van der Waals surface area contributed by atoms with Crippen molar-refractivity contribution in [2.45, 2.75) is 6.04 Å². The van der Waals surface area contributed by atoms with E-state index in [1.54, 1.807) is 0 Å². The first-order valence-corrected chi connectivity index (χ1v) is 4.06. The molecule has 0 saturated heterocycles. The summed E-state index contributed by atoms with van der Waals surface area (Å²) in [5, 5.41) is 0.529. The van der Waals surface area contributed by atoms with Crippen LogP contribution < -0.4 is 0 Å². The van der Waals surface area contributed by atoms with Crippen molar-refractivity contribution in [3.63, 3.8) is 0 Å². The molecule has 1 aromatic rings. The number of nitrogens with zero attached hydrogens (tertiary/aromatic N) is 1. The minimum atomic E-state index is -0.0822. The second-order valence-electron chi connectivity index (χ2n) is 2.50. The van der Waals surface area contributed by atoms with Crippen molar-refractivity contribution < 1.29 is 4.74 Å². The van der Waals surface area contributed by atoms with Gasteiger partial charge in [-0.25, -0.2) is 4.99 Å². The van der Waals surface area contributed by atoms with Crippen molar-refractivity contribution >= 4 is 23.7 Å². The second-order valence-corrected chi connectivity index (χ2v) is 2.91. The molecule has 0 bridgehead atoms. The number of thiocarbonyl (C=S) groups is 1. The van der Waals surface area contributed by atoms with Crippen LogP contribution in [0.15, 0.2) is 35.3 Å². The predicted octanol–water partition coefficient (Wildman–Crippen LogP) is 2.11. The van der Waals surface area contributed by atoms with Crippen molar-refractivity contribution in [1.29, 1.82) is 0 Å². The smallest absolute Gasteiger partial charge is 0.197 e. The number of hydrogen-bond donors (Lipinski definition) is 0. The molecule has 0 aliphatic carbocycles. The van der Waals surface area contributed by atoms with Gasteiger partial charge in [-0.05, 0) is 17.8 Å². The Kier molecular flexibility index (Phi) is 1.87. The average molecular weight is 177 g/mol. The summed E-state index contributed by atoms with van der Waals surface area (Å²) in [5.74, 6) is 0. The zero-order valence-electron chi connectivity index (χ0n) is 6.31. The molecule has 0 aromatic heterocycles. The lowest BCUT2D eigenvalue weighted by Gasteiger charge is -2.04. The Hall–Kier alpha value is -1.22. The van der Waals surface area contributed by atoms with Crippen molar-refractivity contribution in [3.05, 3.63) is 35.9 Å². The van der Waals surface area contributed by atoms with Gasteiger partial charge in [-0.3, -0.25) is 0 Å². The lowest BCUT2D eigenvalue weighted by atomic mass is 10.1. The number of aliphatic imine (C=N–C) groups is 1. The topological polar surface area (TPSA) is 21.6 Å². The molecule has 1 unspecified atom stereocenters. The summed E-state index contributed by atoms with van der Waals surface area (Å²) in [7, 11) is 0. The maximum atomic E-state index is 4.98. The van der Waals surface area contributed by atoms with Crippen LogP contribution in [0.5, 0.6) is 0 Å². The number of hydrogen-bond acceptors (Lipinski definition) is 3. The quantitative estimate of drug-likeness (QED) is 0.613. The molecule has 1 atom stereocenters. The third-order valence-electron chi connectivity index (χ3n) is 1.72. The molecular formula is C9H7NOS. The van der Waals surface area contributed by atoms with Crippen LogP contribution >= 0.6 is 12.2 Å². The highest BCUT2D eigenvalue weighted by Gasteiger charge is 2.20. The van der Waals surface area contributed by atoms with E-state index in [0.29, 0.717) is 5.05 Å². The molecule has 12 heavy (non-hydrogen) atoms. The molecule has 0 spiro atoms. The van der Waals surface area contributed by atoms with Gasteiger partial charge < -0.3 is 4.74 Å². The minimum absolute atomic E-state index is 0.0822. The van der Waals surface area contributed by atoms with Crippen LogP contribution in [-0.2, 0) is 4.74 Å². The van der Waals surface area contributed by atoms with Gasteiger partial charge in [0.1, 0.15) is 6.04 Å². The monoisotopic (exact) mass is 177 g/mol. The molecule has 0 N–H and O–H groups in total. The number of ether oxygens (including phenoxy) is 1. The molecular weight excluding hydrogens is 170 g/mol. The molecule has 0 saturated carbocycles. The molecule has 1 aromatic carbocycles. The van der Waals surface area contributed by atoms with E-state index in [1.807, 2.05) is 30.3 Å². The summed E-state index contributed by atoms with van der Waals surface area (Å²) < 4.78 is 4.96. The van der Waals surface area contributed by atoms with E-state index in [2.05, 4.69) is 4.99 Å². The predicted molar refractivity (Wildman–Crippen MR) is 51.4 cm³/mol. The van der Waals surface area contributed by atoms with E-state index < -0.39 is 0 Å². The Labute approximate surface area is 75.9 Å². The fraction of sp³-hybridized carbons (Fsp3) is 0.111. The highest BCUT2D eigenvalue weighted by Crippen LogP contribution is 2.22. The van der Waals surface area contributed by atoms with Gasteiger partial charge in [-0.15, -0.1) is 0 Å². The average Bonchev–Trinajstić information content (AvgIpc) is 2.53. The standard InChI is InChI=1S/C9H7NOS/c12-9-8(10-6-11-9)7-4-2-1-3-5-7/h1-6,8H. The van der Waals surface area contributed by atoms with Crippen LogP contribution in [0.1, 0.15) is 11.6 Å². The maximum absolute atomic E-state index is 4.98. The first-order valence-electron chi connectivity index (χ1n) is 3.65. The van der Waals surface area contributed by atoms with Gasteiger partial charge in [0.15, 0.2) is 11.5 Å². The zero-order chi connectivity index (χ0) is 8.39. The third-order valence-corrected chi connectivity index (χ3v) is 2.04. The maximum Gasteiger partial charge on any atom is 0.197 e. The van der Waals surface area contributed by atoms with Crippen molar-refractivity contribution in [3.8, 4) is 0 Å². The fourth-order valence-electron chi connectivity index (χ4n) is 1.13. The summed E-state index contributed by atoms with van der Waals surface area (Å²) in [4.78, 5) is 4.10. The molecule has 2 rings (SSSR count). The second kappa shape index (κ2) is 3.03. The summed E-state index contributed by atoms with van der Waals surface area (Å²) in [6.07, 6.45) is 1.40. The summed E-state index contributed by atoms with van der Waals surface area (Å²) >= 11 is 4.98. The summed E-state index contributed by atoms with van der Waals surface area (Å²) in [5.41, 5.74) is 1.08. The van der Waals surface area contributed by atoms with Gasteiger partial charge in [-0.2, -0.15) is 0 Å². The minimum Gasteiger partial charge on any atom is -0.436 e. The van der Waals surface area contributed by atoms with Crippen LogP contribution in [-0.4, -0.2) is 11.5 Å². The lowest BCUT2D eigenvalue weighted by Crippen LogP contribution is -2.03. The Bertz CT molecular complexity index is 321. The first kappa shape index (κ1) is 7.43. The SMILES string of the molecule is S=C1OC=NC1c1ccccc1. The van der Waals surface area contributed by atoms with E-state index in [1.165, 1.54) is 6.40 Å². The number of rotatable bonds is 1. The largest absolute Gasteiger partial charge is 0.436 e. The van der Waals surface area contributed by atoms with Gasteiger partial charge in [0, 0.05) is 0 Å². The molecule has 0 radical (unpaired) electrons. The Balaban J connectivity index is 2.31. The van der Waals surface area contributed by atoms with Crippen LogP contribution in [0.4, 0.5) is 0 Å². The van der Waals surface area contributed by atoms with Crippen LogP contribution in [0.3, 0.4) is 0 Å². The normalized spacial score (nSPS) is 21.0. The zero-order valence-corrected chi connectivity index (χ0v) is 7.12. The highest BCUT2D eigenvalue weighted by molar-refractivity contribution is 7.80. The van der Waals surface area contributed by atoms with Crippen molar-refractivity contribution in [1.82, 2.24) is 0 Å². The van der Waals surface area contributed by atoms with E-state index in [-0.39, 0.29) is 6.04 Å². The van der Waals surface area contributed by atoms with E-state index in [4.69, 9.17) is 17.0 Å². The van der Waals surface area contributed by atoms with Gasteiger partial charge in [-0.1, -0.05) is 30.3 Å². The molecule has 1 aliphatic heterocycles. The fourth-order valence-corrected chi connectivity index (χ4v) is 1.37. The van der Waals surface area contributed by atoms with Gasteiger partial charge in [0.2, 0.25) is 0 Å². The highest BCUT2D eigenvalue weighted by atomic mass is 32.1. The van der Waals surface area contributed by atoms with Gasteiger partial charge >= 0.3 is 0 Å². The Morgan fingerprint density at radius 3 is 2.58 bits per heavy atom. The molecule has 1 aliphatic rings. The molecule has 0 amide bonds. The van der Waals surface area contributed by atoms with Crippen LogP contribution in [0.2, 0.25) is 0 Å². The molecule has 1 heterocycles. The first-order chi connectivity index (χ1) is 5.88. The Morgan fingerprint density at radius 2 is 2.00 bits per heavy atom. The Morgan fingerprint density at radius 1 is 1.25 bits per heavy atom. The molecule has 60 valence electrons. The van der Waals surface area contributed by atoms with Crippen LogP contribution in [0, 0.1) is 0 Å². The van der Waals surface area contributed by atoms with Crippen molar-refractivity contribution in [2.24, 2.45) is 4.99 Å². The molecule has 2 nitrogen and oxygen atoms in total. The molecule has 0 fully saturated rings. The lowest BCUT2D eigenvalue weighted by molar-refractivity contribution is 0.589. The van der Waals surface area contributed by atoms with Gasteiger partial charge in [0.25, 0.3) is 0 Å². The van der Waals surface area contributed by atoms with E-state index in [0.717, 1.165) is 5.56 Å². The third kappa shape index (κ3) is 1.23. The van der Waals surface area contributed by atoms with Gasteiger partial charge in [0.05, 0.1) is 0 Å². The molecule has 3 heteroatoms. The van der Waals surface area contributed by atoms with Crippen molar-refractivity contribution in [2.75, 3.05) is 0 Å². The number of benzene rings is 1. The van der Waals surface area contributed by atoms with E-state index in [9.17, 15) is 0 Å². The summed E-state index contributed by atoms with van der Waals surface area (Å²) in [6, 6.07) is 9.79. The van der Waals surface area contributed by atoms with E-state index >= 15 is 0 Å². The summed E-state index contributed by atoms with van der Waals surface area (Å²) in [6.45, 7) is 0.